The van der Waals surface area contributed by atoms with Gasteiger partial charge in [0.25, 0.3) is 10.0 Å². The average molecular weight is 378 g/mol. The van der Waals surface area contributed by atoms with E-state index in [4.69, 9.17) is 4.74 Å². The highest BCUT2D eigenvalue weighted by Crippen LogP contribution is 2.24. The smallest absolute Gasteiger partial charge is 0.259 e. The Morgan fingerprint density at radius 1 is 1.19 bits per heavy atom. The first-order chi connectivity index (χ1) is 12.3. The van der Waals surface area contributed by atoms with Gasteiger partial charge in [-0.3, -0.25) is 0 Å². The molecule has 0 aliphatic heterocycles. The Bertz CT molecular complexity index is 822. The Hall–Kier alpha value is -1.93. The fourth-order valence-corrected chi connectivity index (χ4v) is 4.25. The number of nitrogens with one attached hydrogen (secondary N) is 1. The molecular formula is C18H26N4O3S. The zero-order valence-electron chi connectivity index (χ0n) is 15.4. The summed E-state index contributed by atoms with van der Waals surface area (Å²) in [4.78, 5) is 8.29. The summed E-state index contributed by atoms with van der Waals surface area (Å²) < 4.78 is 35.5. The van der Waals surface area contributed by atoms with Crippen molar-refractivity contribution in [3.05, 3.63) is 36.4 Å². The third-order valence-electron chi connectivity index (χ3n) is 4.62. The minimum absolute atomic E-state index is 0.0751. The molecule has 2 heterocycles. The number of hydrogen-bond donors (Lipinski definition) is 1. The normalized spacial score (nSPS) is 21.1. The number of hydrogen-bond acceptors (Lipinski definition) is 5. The summed E-state index contributed by atoms with van der Waals surface area (Å²) in [5, 5.41) is 0.0772. The van der Waals surface area contributed by atoms with E-state index < -0.39 is 10.0 Å². The number of ether oxygens (including phenoxy) is 1. The molecule has 0 aromatic carbocycles. The van der Waals surface area contributed by atoms with Crippen molar-refractivity contribution in [1.82, 2.24) is 19.3 Å². The van der Waals surface area contributed by atoms with Crippen LogP contribution in [0.15, 0.2) is 35.9 Å². The Morgan fingerprint density at radius 3 is 2.50 bits per heavy atom. The van der Waals surface area contributed by atoms with E-state index in [-0.39, 0.29) is 23.2 Å². The summed E-state index contributed by atoms with van der Waals surface area (Å²) in [6.07, 6.45) is 8.05. The summed E-state index contributed by atoms with van der Waals surface area (Å²) >= 11 is 0. The second-order valence-corrected chi connectivity index (χ2v) is 8.80. The largest absolute Gasteiger partial charge is 0.474 e. The van der Waals surface area contributed by atoms with E-state index in [1.165, 1.54) is 0 Å². The van der Waals surface area contributed by atoms with E-state index in [2.05, 4.69) is 14.7 Å². The van der Waals surface area contributed by atoms with Crippen LogP contribution in [0.2, 0.25) is 0 Å². The van der Waals surface area contributed by atoms with Crippen LogP contribution in [0.1, 0.15) is 51.1 Å². The molecule has 0 amide bonds. The van der Waals surface area contributed by atoms with E-state index in [1.54, 1.807) is 23.3 Å². The van der Waals surface area contributed by atoms with Crippen molar-refractivity contribution in [1.29, 1.82) is 0 Å². The lowest BCUT2D eigenvalue weighted by atomic mass is 9.94. The zero-order valence-corrected chi connectivity index (χ0v) is 16.2. The summed E-state index contributed by atoms with van der Waals surface area (Å²) in [7, 11) is -3.59. The van der Waals surface area contributed by atoms with Gasteiger partial charge < -0.3 is 9.30 Å². The van der Waals surface area contributed by atoms with Crippen LogP contribution in [0.5, 0.6) is 5.88 Å². The number of aromatic nitrogens is 3. The van der Waals surface area contributed by atoms with Gasteiger partial charge in [-0.25, -0.2) is 23.1 Å². The Balaban J connectivity index is 1.53. The van der Waals surface area contributed by atoms with E-state index >= 15 is 0 Å². The number of sulfonamides is 1. The summed E-state index contributed by atoms with van der Waals surface area (Å²) in [6, 6.07) is 3.93. The minimum atomic E-state index is -3.59. The van der Waals surface area contributed by atoms with Crippen LogP contribution in [-0.4, -0.2) is 35.1 Å². The molecule has 0 radical (unpaired) electrons. The standard InChI is InChI=1S/C18H26N4O3S/c1-13(2)22-11-18(20-12-22)26(23,24)21-15-5-7-16(8-6-15)25-17-9-4-14(3)10-19-17/h4,9-13,15-16,21H,5-8H2,1-3H3. The number of nitrogens with zero attached hydrogens (tertiary/aromatic N) is 3. The molecule has 0 spiro atoms. The number of imidazole rings is 1. The van der Waals surface area contributed by atoms with Gasteiger partial charge in [-0.15, -0.1) is 0 Å². The van der Waals surface area contributed by atoms with Crippen molar-refractivity contribution in [3.63, 3.8) is 0 Å². The maximum absolute atomic E-state index is 12.5. The molecule has 3 rings (SSSR count). The van der Waals surface area contributed by atoms with Crippen molar-refractivity contribution in [2.75, 3.05) is 0 Å². The predicted molar refractivity (Wildman–Crippen MR) is 98.6 cm³/mol. The third kappa shape index (κ3) is 4.62. The molecule has 1 N–H and O–H groups in total. The predicted octanol–water partition coefficient (Wildman–Crippen LogP) is 2.84. The monoisotopic (exact) mass is 378 g/mol. The van der Waals surface area contributed by atoms with Gasteiger partial charge in [0.1, 0.15) is 6.10 Å². The maximum Gasteiger partial charge on any atom is 0.259 e. The fraction of sp³-hybridized carbons (Fsp3) is 0.556. The van der Waals surface area contributed by atoms with Gasteiger partial charge in [0.15, 0.2) is 5.03 Å². The van der Waals surface area contributed by atoms with Crippen LogP contribution in [0, 0.1) is 6.92 Å². The van der Waals surface area contributed by atoms with Gasteiger partial charge in [-0.05, 0) is 52.0 Å². The minimum Gasteiger partial charge on any atom is -0.474 e. The van der Waals surface area contributed by atoms with Crippen LogP contribution in [0.3, 0.4) is 0 Å². The topological polar surface area (TPSA) is 86.1 Å². The molecule has 1 fully saturated rings. The molecule has 1 aliphatic carbocycles. The van der Waals surface area contributed by atoms with Gasteiger partial charge in [0.05, 0.1) is 6.33 Å². The van der Waals surface area contributed by atoms with Gasteiger partial charge in [0, 0.05) is 30.5 Å². The fourth-order valence-electron chi connectivity index (χ4n) is 3.01. The number of rotatable bonds is 6. The quantitative estimate of drug-likeness (QED) is 0.835. The van der Waals surface area contributed by atoms with E-state index in [0.717, 1.165) is 31.2 Å². The molecule has 7 nitrogen and oxygen atoms in total. The molecule has 0 unspecified atom stereocenters. The highest BCUT2D eigenvalue weighted by Gasteiger charge is 2.28. The van der Waals surface area contributed by atoms with Gasteiger partial charge in [0.2, 0.25) is 5.88 Å². The van der Waals surface area contributed by atoms with Crippen molar-refractivity contribution >= 4 is 10.0 Å². The van der Waals surface area contributed by atoms with Crippen molar-refractivity contribution in [2.24, 2.45) is 0 Å². The molecule has 1 aliphatic rings. The molecule has 0 atom stereocenters. The van der Waals surface area contributed by atoms with Crippen LogP contribution >= 0.6 is 0 Å². The second kappa shape index (κ2) is 7.75. The first-order valence-electron chi connectivity index (χ1n) is 8.98. The van der Waals surface area contributed by atoms with Crippen LogP contribution in [0.25, 0.3) is 0 Å². The molecule has 142 valence electrons. The highest BCUT2D eigenvalue weighted by atomic mass is 32.2. The Labute approximate surface area is 154 Å². The molecular weight excluding hydrogens is 352 g/mol. The summed E-state index contributed by atoms with van der Waals surface area (Å²) in [5.41, 5.74) is 1.09. The summed E-state index contributed by atoms with van der Waals surface area (Å²) in [5.74, 6) is 0.624. The maximum atomic E-state index is 12.5. The van der Waals surface area contributed by atoms with Crippen molar-refractivity contribution < 1.29 is 13.2 Å². The molecule has 8 heteroatoms. The average Bonchev–Trinajstić information content (AvgIpc) is 3.10. The first kappa shape index (κ1) is 18.8. The molecule has 2 aromatic rings. The molecule has 2 aromatic heterocycles. The summed E-state index contributed by atoms with van der Waals surface area (Å²) in [6.45, 7) is 5.95. The lowest BCUT2D eigenvalue weighted by molar-refractivity contribution is 0.138. The first-order valence-corrected chi connectivity index (χ1v) is 10.5. The SMILES string of the molecule is Cc1ccc(OC2CCC(NS(=O)(=O)c3cn(C(C)C)cn3)CC2)nc1. The number of pyridine rings is 1. The number of aryl methyl sites for hydroxylation is 1. The molecule has 0 saturated heterocycles. The van der Waals surface area contributed by atoms with Crippen LogP contribution in [-0.2, 0) is 10.0 Å². The lowest BCUT2D eigenvalue weighted by Gasteiger charge is -2.28. The molecule has 26 heavy (non-hydrogen) atoms. The van der Waals surface area contributed by atoms with Crippen molar-refractivity contribution in [2.45, 2.75) is 69.7 Å². The lowest BCUT2D eigenvalue weighted by Crippen LogP contribution is -2.39. The van der Waals surface area contributed by atoms with Crippen LogP contribution in [0.4, 0.5) is 0 Å². The third-order valence-corrected chi connectivity index (χ3v) is 6.02. The molecule has 0 bridgehead atoms. The van der Waals surface area contributed by atoms with Crippen LogP contribution < -0.4 is 9.46 Å². The van der Waals surface area contributed by atoms with E-state index in [1.807, 2.05) is 32.9 Å². The second-order valence-electron chi connectivity index (χ2n) is 7.14. The van der Waals surface area contributed by atoms with E-state index in [9.17, 15) is 8.42 Å². The van der Waals surface area contributed by atoms with Gasteiger partial charge in [-0.1, -0.05) is 6.07 Å². The highest BCUT2D eigenvalue weighted by molar-refractivity contribution is 7.89. The van der Waals surface area contributed by atoms with Gasteiger partial charge in [-0.2, -0.15) is 0 Å². The molecule has 1 saturated carbocycles. The van der Waals surface area contributed by atoms with Gasteiger partial charge >= 0.3 is 0 Å². The zero-order chi connectivity index (χ0) is 18.7. The van der Waals surface area contributed by atoms with E-state index in [0.29, 0.717) is 5.88 Å². The Morgan fingerprint density at radius 2 is 1.92 bits per heavy atom. The Kier molecular flexibility index (Phi) is 5.62. The van der Waals surface area contributed by atoms with Crippen molar-refractivity contribution in [3.8, 4) is 5.88 Å².